The summed E-state index contributed by atoms with van der Waals surface area (Å²) < 4.78 is 12.3. The topological polar surface area (TPSA) is 67.9 Å². The van der Waals surface area contributed by atoms with Crippen LogP contribution in [0.2, 0.25) is 0 Å². The molecule has 2 aliphatic rings. The Kier molecular flexibility index (Phi) is 9.19. The maximum atomic E-state index is 13.9. The molecule has 1 heterocycles. The smallest absolute Gasteiger partial charge is 0.243 e. The van der Waals surface area contributed by atoms with Crippen molar-refractivity contribution in [2.75, 3.05) is 13.2 Å². The van der Waals surface area contributed by atoms with Crippen molar-refractivity contribution in [1.29, 1.82) is 0 Å². The second-order valence-corrected chi connectivity index (χ2v) is 11.2. The summed E-state index contributed by atoms with van der Waals surface area (Å²) in [6.07, 6.45) is 5.54. The van der Waals surface area contributed by atoms with E-state index in [1.807, 2.05) is 72.8 Å². The van der Waals surface area contributed by atoms with Gasteiger partial charge in [0.05, 0.1) is 0 Å². The first kappa shape index (κ1) is 27.3. The number of hydrogen-bond acceptors (Lipinski definition) is 4. The van der Waals surface area contributed by atoms with Crippen LogP contribution in [0, 0.1) is 0 Å². The van der Waals surface area contributed by atoms with Crippen LogP contribution in [-0.4, -0.2) is 42.0 Å². The molecule has 0 aromatic heterocycles. The fourth-order valence-electron chi connectivity index (χ4n) is 5.39. The Hall–Kier alpha value is -3.32. The number of rotatable bonds is 10. The Bertz CT molecular complexity index is 1280. The number of amides is 2. The molecule has 1 aliphatic carbocycles. The van der Waals surface area contributed by atoms with Crippen molar-refractivity contribution in [1.82, 2.24) is 10.2 Å². The standard InChI is InChI=1S/C32H35BrN2O4/c33-26-10-6-9-25(19-26)22-35(31(36)16-14-24-13-15-29-30(21-24)39-18-17-38-29)28(20-23-7-2-1-3-8-23)32(37)34-27-11-4-5-12-27/h1-3,6-10,13,15,19,21,27-28H,4-5,11-12,14,16-18,20,22H2,(H,34,37). The van der Waals surface area contributed by atoms with E-state index >= 15 is 0 Å². The molecule has 1 aliphatic heterocycles. The molecule has 0 radical (unpaired) electrons. The molecule has 204 valence electrons. The number of aryl methyl sites for hydroxylation is 1. The number of nitrogens with zero attached hydrogens (tertiary/aromatic N) is 1. The minimum atomic E-state index is -0.611. The maximum absolute atomic E-state index is 13.9. The van der Waals surface area contributed by atoms with Gasteiger partial charge in [-0.15, -0.1) is 0 Å². The van der Waals surface area contributed by atoms with E-state index in [9.17, 15) is 9.59 Å². The minimum Gasteiger partial charge on any atom is -0.486 e. The van der Waals surface area contributed by atoms with Crippen molar-refractivity contribution < 1.29 is 19.1 Å². The molecule has 0 bridgehead atoms. The van der Waals surface area contributed by atoms with Crippen molar-refractivity contribution in [2.24, 2.45) is 0 Å². The van der Waals surface area contributed by atoms with Gasteiger partial charge in [0.1, 0.15) is 19.3 Å². The Morgan fingerprint density at radius 1 is 0.872 bits per heavy atom. The van der Waals surface area contributed by atoms with Gasteiger partial charge in [-0.3, -0.25) is 9.59 Å². The van der Waals surface area contributed by atoms with Gasteiger partial charge in [0.2, 0.25) is 11.8 Å². The highest BCUT2D eigenvalue weighted by Crippen LogP contribution is 2.31. The van der Waals surface area contributed by atoms with E-state index in [0.717, 1.165) is 58.3 Å². The molecule has 1 saturated carbocycles. The Morgan fingerprint density at radius 3 is 2.38 bits per heavy atom. The number of nitrogens with one attached hydrogen (secondary N) is 1. The van der Waals surface area contributed by atoms with Crippen LogP contribution in [0.4, 0.5) is 0 Å². The van der Waals surface area contributed by atoms with Crippen molar-refractivity contribution in [2.45, 2.75) is 63.6 Å². The molecule has 1 fully saturated rings. The summed E-state index contributed by atoms with van der Waals surface area (Å²) in [6.45, 7) is 1.42. The molecule has 5 rings (SSSR count). The van der Waals surface area contributed by atoms with Crippen molar-refractivity contribution >= 4 is 27.7 Å². The van der Waals surface area contributed by atoms with Crippen LogP contribution in [-0.2, 0) is 29.0 Å². The van der Waals surface area contributed by atoms with Gasteiger partial charge >= 0.3 is 0 Å². The molecule has 1 unspecified atom stereocenters. The van der Waals surface area contributed by atoms with Crippen molar-refractivity contribution in [3.8, 4) is 11.5 Å². The lowest BCUT2D eigenvalue weighted by Gasteiger charge is -2.32. The summed E-state index contributed by atoms with van der Waals surface area (Å²) in [6, 6.07) is 23.3. The maximum Gasteiger partial charge on any atom is 0.243 e. The van der Waals surface area contributed by atoms with E-state index in [0.29, 0.717) is 32.6 Å². The van der Waals surface area contributed by atoms with Crippen LogP contribution < -0.4 is 14.8 Å². The first-order valence-corrected chi connectivity index (χ1v) is 14.6. The Balaban J connectivity index is 1.39. The number of benzene rings is 3. The molecule has 2 amide bonds. The highest BCUT2D eigenvalue weighted by Gasteiger charge is 2.32. The number of ether oxygens (including phenoxy) is 2. The molecule has 3 aromatic carbocycles. The monoisotopic (exact) mass is 590 g/mol. The third-order valence-electron chi connectivity index (χ3n) is 7.45. The summed E-state index contributed by atoms with van der Waals surface area (Å²) in [4.78, 5) is 29.5. The average Bonchev–Trinajstić information content (AvgIpc) is 3.47. The minimum absolute atomic E-state index is 0.0487. The highest BCUT2D eigenvalue weighted by molar-refractivity contribution is 9.10. The molecular weight excluding hydrogens is 556 g/mol. The third kappa shape index (κ3) is 7.41. The first-order chi connectivity index (χ1) is 19.0. The molecule has 3 aromatic rings. The quantitative estimate of drug-likeness (QED) is 0.321. The predicted octanol–water partition coefficient (Wildman–Crippen LogP) is 5.85. The average molecular weight is 592 g/mol. The molecule has 1 atom stereocenters. The van der Waals surface area contributed by atoms with Gasteiger partial charge in [-0.2, -0.15) is 0 Å². The first-order valence-electron chi connectivity index (χ1n) is 13.8. The van der Waals surface area contributed by atoms with Crippen LogP contribution in [0.3, 0.4) is 0 Å². The van der Waals surface area contributed by atoms with E-state index in [1.165, 1.54) is 0 Å². The van der Waals surface area contributed by atoms with E-state index in [1.54, 1.807) is 4.90 Å². The molecular formula is C32H35BrN2O4. The summed E-state index contributed by atoms with van der Waals surface area (Å²) in [7, 11) is 0. The number of fused-ring (bicyclic) bond motifs is 1. The van der Waals surface area contributed by atoms with Gasteiger partial charge in [0.15, 0.2) is 11.5 Å². The van der Waals surface area contributed by atoms with Gasteiger partial charge in [-0.1, -0.05) is 77.3 Å². The zero-order valence-corrected chi connectivity index (χ0v) is 23.7. The number of carbonyl (C=O) groups excluding carboxylic acids is 2. The van der Waals surface area contributed by atoms with E-state index < -0.39 is 6.04 Å². The fourth-order valence-corrected chi connectivity index (χ4v) is 5.84. The summed E-state index contributed by atoms with van der Waals surface area (Å²) in [5, 5.41) is 3.27. The van der Waals surface area contributed by atoms with Gasteiger partial charge in [-0.25, -0.2) is 0 Å². The third-order valence-corrected chi connectivity index (χ3v) is 7.94. The lowest BCUT2D eigenvalue weighted by Crippen LogP contribution is -2.52. The SMILES string of the molecule is O=C(NC1CCCC1)C(Cc1ccccc1)N(Cc1cccc(Br)c1)C(=O)CCc1ccc2c(c1)OCCO2. The lowest BCUT2D eigenvalue weighted by atomic mass is 10.0. The second-order valence-electron chi connectivity index (χ2n) is 10.3. The van der Waals surface area contributed by atoms with E-state index in [-0.39, 0.29) is 24.3 Å². The van der Waals surface area contributed by atoms with E-state index in [4.69, 9.17) is 9.47 Å². The molecule has 6 nitrogen and oxygen atoms in total. The highest BCUT2D eigenvalue weighted by atomic mass is 79.9. The van der Waals surface area contributed by atoms with Crippen LogP contribution in [0.15, 0.2) is 77.3 Å². The van der Waals surface area contributed by atoms with E-state index in [2.05, 4.69) is 21.2 Å². The largest absolute Gasteiger partial charge is 0.486 e. The lowest BCUT2D eigenvalue weighted by molar-refractivity contribution is -0.141. The summed E-state index contributed by atoms with van der Waals surface area (Å²) in [5.74, 6) is 1.33. The van der Waals surface area contributed by atoms with Crippen LogP contribution in [0.1, 0.15) is 48.8 Å². The normalized spacial score (nSPS) is 15.5. The second kappa shape index (κ2) is 13.2. The van der Waals surface area contributed by atoms with Gasteiger partial charge in [-0.05, 0) is 60.2 Å². The molecule has 39 heavy (non-hydrogen) atoms. The molecule has 7 heteroatoms. The van der Waals surface area contributed by atoms with Crippen LogP contribution in [0.5, 0.6) is 11.5 Å². The predicted molar refractivity (Wildman–Crippen MR) is 155 cm³/mol. The molecule has 0 saturated heterocycles. The summed E-state index contributed by atoms with van der Waals surface area (Å²) >= 11 is 3.55. The number of halogens is 1. The van der Waals surface area contributed by atoms with Crippen LogP contribution in [0.25, 0.3) is 0 Å². The van der Waals surface area contributed by atoms with Gasteiger partial charge < -0.3 is 19.7 Å². The zero-order chi connectivity index (χ0) is 27.0. The van der Waals surface area contributed by atoms with Gasteiger partial charge in [0.25, 0.3) is 0 Å². The van der Waals surface area contributed by atoms with Crippen LogP contribution >= 0.6 is 15.9 Å². The zero-order valence-electron chi connectivity index (χ0n) is 22.1. The fraction of sp³-hybridized carbons (Fsp3) is 0.375. The number of hydrogen-bond donors (Lipinski definition) is 1. The Morgan fingerprint density at radius 2 is 1.62 bits per heavy atom. The Labute approximate surface area is 238 Å². The van der Waals surface area contributed by atoms with Crippen molar-refractivity contribution in [3.63, 3.8) is 0 Å². The van der Waals surface area contributed by atoms with Crippen molar-refractivity contribution in [3.05, 3.63) is 94.0 Å². The molecule has 1 N–H and O–H groups in total. The molecule has 0 spiro atoms. The number of carbonyl (C=O) groups is 2. The van der Waals surface area contributed by atoms with Gasteiger partial charge in [0, 0.05) is 29.9 Å². The summed E-state index contributed by atoms with van der Waals surface area (Å²) in [5.41, 5.74) is 3.01.